The summed E-state index contributed by atoms with van der Waals surface area (Å²) in [6.45, 7) is 6.93. The first-order chi connectivity index (χ1) is 8.66. The van der Waals surface area contributed by atoms with Crippen LogP contribution in [0.15, 0.2) is 12.4 Å². The molecule has 0 saturated heterocycles. The van der Waals surface area contributed by atoms with Gasteiger partial charge in [-0.2, -0.15) is 5.10 Å². The highest BCUT2D eigenvalue weighted by Gasteiger charge is 2.02. The Hall–Kier alpha value is -1.78. The second-order valence-electron chi connectivity index (χ2n) is 4.52. The molecule has 5 nitrogen and oxygen atoms in total. The lowest BCUT2D eigenvalue weighted by atomic mass is 10.2. The second kappa shape index (κ2) is 5.71. The van der Waals surface area contributed by atoms with Crippen molar-refractivity contribution in [3.8, 4) is 0 Å². The molecular weight excluding hydrogens is 226 g/mol. The zero-order valence-electron chi connectivity index (χ0n) is 11.2. The van der Waals surface area contributed by atoms with Gasteiger partial charge in [0.1, 0.15) is 5.82 Å². The van der Waals surface area contributed by atoms with E-state index in [4.69, 9.17) is 0 Å². The zero-order chi connectivity index (χ0) is 13.0. The van der Waals surface area contributed by atoms with E-state index in [-0.39, 0.29) is 0 Å². The standard InChI is InChI=1S/C13H19N5/c1-10-11(2)16-17-13(15-10)6-4-5-8-18-9-7-14-12(18)3/h7,9H,4-6,8H2,1-3H3. The largest absolute Gasteiger partial charge is 0.335 e. The summed E-state index contributed by atoms with van der Waals surface area (Å²) >= 11 is 0. The summed E-state index contributed by atoms with van der Waals surface area (Å²) in [6.07, 6.45) is 6.92. The number of nitrogens with zero attached hydrogens (tertiary/aromatic N) is 5. The van der Waals surface area contributed by atoms with Gasteiger partial charge in [-0.1, -0.05) is 0 Å². The van der Waals surface area contributed by atoms with Crippen molar-refractivity contribution in [3.63, 3.8) is 0 Å². The van der Waals surface area contributed by atoms with Gasteiger partial charge >= 0.3 is 0 Å². The molecule has 5 heteroatoms. The fraction of sp³-hybridized carbons (Fsp3) is 0.538. The van der Waals surface area contributed by atoms with Crippen LogP contribution in [0.5, 0.6) is 0 Å². The summed E-state index contributed by atoms with van der Waals surface area (Å²) in [5.74, 6) is 1.92. The SMILES string of the molecule is Cc1nnc(CCCCn2ccnc2C)nc1C. The monoisotopic (exact) mass is 245 g/mol. The molecule has 0 aliphatic heterocycles. The number of aryl methyl sites for hydroxylation is 5. The minimum absolute atomic E-state index is 0.848. The van der Waals surface area contributed by atoms with Crippen molar-refractivity contribution < 1.29 is 0 Å². The maximum absolute atomic E-state index is 4.43. The summed E-state index contributed by atoms with van der Waals surface area (Å²) in [4.78, 5) is 8.64. The number of rotatable bonds is 5. The fourth-order valence-corrected chi connectivity index (χ4v) is 1.81. The van der Waals surface area contributed by atoms with Crippen LogP contribution in [0, 0.1) is 20.8 Å². The number of hydrogen-bond acceptors (Lipinski definition) is 4. The highest BCUT2D eigenvalue weighted by Crippen LogP contribution is 2.04. The summed E-state index contributed by atoms with van der Waals surface area (Å²) in [5, 5.41) is 8.20. The Labute approximate surface area is 107 Å². The van der Waals surface area contributed by atoms with Gasteiger partial charge < -0.3 is 4.57 Å². The van der Waals surface area contributed by atoms with E-state index in [0.717, 1.165) is 48.8 Å². The molecule has 0 amide bonds. The molecule has 2 aromatic rings. The van der Waals surface area contributed by atoms with E-state index in [1.165, 1.54) is 0 Å². The van der Waals surface area contributed by atoms with E-state index >= 15 is 0 Å². The summed E-state index contributed by atoms with van der Waals surface area (Å²) in [6, 6.07) is 0. The number of hydrogen-bond donors (Lipinski definition) is 0. The van der Waals surface area contributed by atoms with Crippen LogP contribution in [0.3, 0.4) is 0 Å². The average molecular weight is 245 g/mol. The molecule has 0 radical (unpaired) electrons. The predicted molar refractivity (Wildman–Crippen MR) is 69.2 cm³/mol. The topological polar surface area (TPSA) is 56.5 Å². The minimum Gasteiger partial charge on any atom is -0.335 e. The van der Waals surface area contributed by atoms with Crippen LogP contribution >= 0.6 is 0 Å². The quantitative estimate of drug-likeness (QED) is 0.756. The maximum atomic E-state index is 4.43. The Morgan fingerprint density at radius 1 is 1.06 bits per heavy atom. The lowest BCUT2D eigenvalue weighted by Crippen LogP contribution is -2.04. The molecule has 0 aliphatic carbocycles. The van der Waals surface area contributed by atoms with Crippen LogP contribution in [0.2, 0.25) is 0 Å². The van der Waals surface area contributed by atoms with Gasteiger partial charge in [0.25, 0.3) is 0 Å². The molecule has 0 spiro atoms. The van der Waals surface area contributed by atoms with Gasteiger partial charge in [-0.05, 0) is 33.6 Å². The Morgan fingerprint density at radius 3 is 2.56 bits per heavy atom. The van der Waals surface area contributed by atoms with Gasteiger partial charge in [0.2, 0.25) is 0 Å². The molecule has 0 N–H and O–H groups in total. The van der Waals surface area contributed by atoms with Crippen LogP contribution in [0.25, 0.3) is 0 Å². The zero-order valence-corrected chi connectivity index (χ0v) is 11.2. The molecule has 0 aromatic carbocycles. The van der Waals surface area contributed by atoms with Crippen LogP contribution in [-0.4, -0.2) is 24.7 Å². The molecule has 96 valence electrons. The van der Waals surface area contributed by atoms with Crippen molar-refractivity contribution in [2.75, 3.05) is 0 Å². The Morgan fingerprint density at radius 2 is 1.89 bits per heavy atom. The van der Waals surface area contributed by atoms with Crippen molar-refractivity contribution in [2.24, 2.45) is 0 Å². The van der Waals surface area contributed by atoms with Gasteiger partial charge in [-0.3, -0.25) is 0 Å². The Balaban J connectivity index is 1.78. The number of aromatic nitrogens is 5. The summed E-state index contributed by atoms with van der Waals surface area (Å²) < 4.78 is 2.17. The van der Waals surface area contributed by atoms with Gasteiger partial charge in [-0.25, -0.2) is 9.97 Å². The minimum atomic E-state index is 0.848. The highest BCUT2D eigenvalue weighted by atomic mass is 15.2. The van der Waals surface area contributed by atoms with Crippen molar-refractivity contribution >= 4 is 0 Å². The average Bonchev–Trinajstić information content (AvgIpc) is 2.75. The summed E-state index contributed by atoms with van der Waals surface area (Å²) in [7, 11) is 0. The van der Waals surface area contributed by atoms with Crippen molar-refractivity contribution in [1.82, 2.24) is 24.7 Å². The highest BCUT2D eigenvalue weighted by molar-refractivity contribution is 5.05. The molecule has 2 heterocycles. The fourth-order valence-electron chi connectivity index (χ4n) is 1.81. The van der Waals surface area contributed by atoms with Gasteiger partial charge in [0.05, 0.1) is 11.4 Å². The predicted octanol–water partition coefficient (Wildman–Crippen LogP) is 2.02. The van der Waals surface area contributed by atoms with E-state index in [1.807, 2.05) is 33.2 Å². The Bertz CT molecular complexity index is 518. The van der Waals surface area contributed by atoms with E-state index in [1.54, 1.807) is 0 Å². The smallest absolute Gasteiger partial charge is 0.151 e. The molecule has 18 heavy (non-hydrogen) atoms. The lowest BCUT2D eigenvalue weighted by Gasteiger charge is -2.05. The van der Waals surface area contributed by atoms with Crippen molar-refractivity contribution in [1.29, 1.82) is 0 Å². The van der Waals surface area contributed by atoms with Gasteiger partial charge in [-0.15, -0.1) is 5.10 Å². The molecule has 2 rings (SSSR count). The van der Waals surface area contributed by atoms with Crippen LogP contribution in [0.1, 0.15) is 35.9 Å². The molecular formula is C13H19N5. The maximum Gasteiger partial charge on any atom is 0.151 e. The van der Waals surface area contributed by atoms with Crippen molar-refractivity contribution in [3.05, 3.63) is 35.4 Å². The number of imidazole rings is 1. The van der Waals surface area contributed by atoms with Gasteiger partial charge in [0, 0.05) is 25.4 Å². The molecule has 0 saturated carbocycles. The van der Waals surface area contributed by atoms with E-state index in [9.17, 15) is 0 Å². The normalized spacial score (nSPS) is 10.8. The third kappa shape index (κ3) is 3.12. The first-order valence-corrected chi connectivity index (χ1v) is 6.31. The first kappa shape index (κ1) is 12.7. The summed E-state index contributed by atoms with van der Waals surface area (Å²) in [5.41, 5.74) is 1.89. The Kier molecular flexibility index (Phi) is 4.02. The second-order valence-corrected chi connectivity index (χ2v) is 4.52. The van der Waals surface area contributed by atoms with E-state index in [0.29, 0.717) is 0 Å². The van der Waals surface area contributed by atoms with E-state index in [2.05, 4.69) is 24.7 Å². The lowest BCUT2D eigenvalue weighted by molar-refractivity contribution is 0.585. The molecule has 0 aliphatic rings. The third-order valence-electron chi connectivity index (χ3n) is 3.11. The third-order valence-corrected chi connectivity index (χ3v) is 3.11. The van der Waals surface area contributed by atoms with E-state index < -0.39 is 0 Å². The van der Waals surface area contributed by atoms with Crippen LogP contribution in [-0.2, 0) is 13.0 Å². The number of unbranched alkanes of at least 4 members (excludes halogenated alkanes) is 1. The molecule has 2 aromatic heterocycles. The first-order valence-electron chi connectivity index (χ1n) is 6.31. The molecule has 0 unspecified atom stereocenters. The molecule has 0 atom stereocenters. The van der Waals surface area contributed by atoms with Crippen molar-refractivity contribution in [2.45, 2.75) is 46.6 Å². The van der Waals surface area contributed by atoms with Gasteiger partial charge in [0.15, 0.2) is 5.82 Å². The molecule has 0 bridgehead atoms. The van der Waals surface area contributed by atoms with Crippen LogP contribution in [0.4, 0.5) is 0 Å². The van der Waals surface area contributed by atoms with Crippen LogP contribution < -0.4 is 0 Å². The molecule has 0 fully saturated rings.